The Labute approximate surface area is 67.1 Å². The van der Waals surface area contributed by atoms with E-state index in [1.807, 2.05) is 0 Å². The van der Waals surface area contributed by atoms with Crippen LogP contribution in [0.2, 0.25) is 0 Å². The van der Waals surface area contributed by atoms with Gasteiger partial charge in [-0.3, -0.25) is 0 Å². The Bertz CT molecular complexity index is 21.7. The van der Waals surface area contributed by atoms with E-state index in [0.29, 0.717) is 0 Å². The molecule has 0 aromatic heterocycles. The quantitative estimate of drug-likeness (QED) is 0.368. The van der Waals surface area contributed by atoms with E-state index in [2.05, 4.69) is 12.2 Å². The number of nitrogens with one attached hydrogen (secondary N) is 1. The largest absolute Gasteiger partial charge is 0.329 e. The average molecular weight is 111 g/mol. The van der Waals surface area contributed by atoms with Gasteiger partial charge in [-0.1, -0.05) is 6.92 Å². The van der Waals surface area contributed by atoms with E-state index in [0.717, 1.165) is 19.6 Å². The average Bonchev–Trinajstić information content (AvgIpc) is 1.61. The van der Waals surface area contributed by atoms with Crippen molar-refractivity contribution < 1.29 is 0 Å². The second-order valence-corrected chi connectivity index (χ2v) is 1.14. The summed E-state index contributed by atoms with van der Waals surface area (Å²) < 4.78 is 0. The van der Waals surface area contributed by atoms with Crippen LogP contribution in [0.1, 0.15) is 6.92 Å². The molecule has 2 nitrogen and oxygen atoms in total. The predicted octanol–water partition coefficient (Wildman–Crippen LogP) is -0.826. The van der Waals surface area contributed by atoms with Gasteiger partial charge in [0.2, 0.25) is 0 Å². The Morgan fingerprint density at radius 1 is 1.57 bits per heavy atom. The number of likely N-dealkylation sites (N-methyl/N-ethyl adjacent to an activating group) is 1. The fraction of sp³-hybridized carbons (Fsp3) is 1.00. The van der Waals surface area contributed by atoms with Crippen LogP contribution in [0.3, 0.4) is 0 Å². The summed E-state index contributed by atoms with van der Waals surface area (Å²) in [6.07, 6.45) is 0. The van der Waals surface area contributed by atoms with Gasteiger partial charge in [-0.15, -0.1) is 0 Å². The molecule has 0 amide bonds. The molecule has 0 bridgehead atoms. The zero-order valence-electron chi connectivity index (χ0n) is 5.20. The first kappa shape index (κ1) is 10.8. The summed E-state index contributed by atoms with van der Waals surface area (Å²) in [5, 5.41) is 3.07. The molecule has 0 saturated carbocycles. The van der Waals surface area contributed by atoms with Gasteiger partial charge in [0.1, 0.15) is 0 Å². The number of hydrogen-bond donors (Lipinski definition) is 2. The summed E-state index contributed by atoms with van der Waals surface area (Å²) in [5.41, 5.74) is 5.15. The predicted molar refractivity (Wildman–Crippen MR) is 33.4 cm³/mol. The molecule has 0 aliphatic carbocycles. The maximum atomic E-state index is 5.15. The van der Waals surface area contributed by atoms with Gasteiger partial charge >= 0.3 is 0 Å². The monoisotopic (exact) mass is 111 g/mol. The van der Waals surface area contributed by atoms with Crippen molar-refractivity contribution in [2.75, 3.05) is 19.6 Å². The molecule has 0 unspecified atom stereocenters. The van der Waals surface area contributed by atoms with E-state index >= 15 is 0 Å². The van der Waals surface area contributed by atoms with Crippen LogP contribution < -0.4 is 11.1 Å². The Morgan fingerprint density at radius 2 is 2.14 bits per heavy atom. The molecule has 0 aromatic rings. The van der Waals surface area contributed by atoms with Crippen LogP contribution in [0.15, 0.2) is 0 Å². The molecule has 1 radical (unpaired) electrons. The third-order valence-corrected chi connectivity index (χ3v) is 0.571. The number of hydrogen-bond acceptors (Lipinski definition) is 2. The van der Waals surface area contributed by atoms with Gasteiger partial charge in [0.05, 0.1) is 0 Å². The molecule has 3 heteroatoms. The van der Waals surface area contributed by atoms with E-state index in [1.54, 1.807) is 0 Å². The van der Waals surface area contributed by atoms with Crippen molar-refractivity contribution >= 4 is 29.6 Å². The summed E-state index contributed by atoms with van der Waals surface area (Å²) in [5.74, 6) is 0. The third-order valence-electron chi connectivity index (χ3n) is 0.571. The van der Waals surface area contributed by atoms with Crippen LogP contribution in [-0.2, 0) is 0 Å². The Balaban J connectivity index is 0. The molecule has 7 heavy (non-hydrogen) atoms. The van der Waals surface area contributed by atoms with E-state index < -0.39 is 0 Å². The third kappa shape index (κ3) is 10.9. The van der Waals surface area contributed by atoms with Crippen LogP contribution >= 0.6 is 0 Å². The Kier molecular flexibility index (Phi) is 15.5. The van der Waals surface area contributed by atoms with Gasteiger partial charge in [0.15, 0.2) is 0 Å². The summed E-state index contributed by atoms with van der Waals surface area (Å²) >= 11 is 0. The minimum atomic E-state index is 0. The molecule has 0 heterocycles. The normalized spacial score (nSPS) is 7.71. The Morgan fingerprint density at radius 3 is 2.29 bits per heavy atom. The van der Waals surface area contributed by atoms with E-state index in [-0.39, 0.29) is 29.6 Å². The van der Waals surface area contributed by atoms with E-state index in [4.69, 9.17) is 5.73 Å². The maximum Gasteiger partial charge on any atom is 0.00743 e. The minimum Gasteiger partial charge on any atom is -0.329 e. The molecule has 39 valence electrons. The topological polar surface area (TPSA) is 38.0 Å². The Hall–Kier alpha value is 0.920. The zero-order chi connectivity index (χ0) is 4.83. The van der Waals surface area contributed by atoms with Crippen molar-refractivity contribution in [2.24, 2.45) is 5.73 Å². The van der Waals surface area contributed by atoms with Gasteiger partial charge in [-0.2, -0.15) is 0 Å². The first-order chi connectivity index (χ1) is 2.91. The fourth-order valence-corrected chi connectivity index (χ4v) is 0.279. The standard InChI is InChI=1S/C4H12N2.Na/c1-2-6-4-3-5;/h6H,2-5H2,1H3;. The second kappa shape index (κ2) is 10.0. The van der Waals surface area contributed by atoms with Crippen molar-refractivity contribution in [3.63, 3.8) is 0 Å². The molecule has 0 saturated heterocycles. The molecule has 0 aliphatic heterocycles. The number of nitrogens with two attached hydrogens (primary N) is 1. The van der Waals surface area contributed by atoms with Crippen molar-refractivity contribution in [1.29, 1.82) is 0 Å². The summed E-state index contributed by atoms with van der Waals surface area (Å²) in [6, 6.07) is 0. The minimum absolute atomic E-state index is 0. The first-order valence-corrected chi connectivity index (χ1v) is 2.32. The zero-order valence-corrected chi connectivity index (χ0v) is 7.20. The fourth-order valence-electron chi connectivity index (χ4n) is 0.279. The van der Waals surface area contributed by atoms with Gasteiger partial charge in [0, 0.05) is 42.6 Å². The molecular formula is C4H12N2Na. The van der Waals surface area contributed by atoms with Crippen molar-refractivity contribution in [3.05, 3.63) is 0 Å². The van der Waals surface area contributed by atoms with Crippen molar-refractivity contribution in [3.8, 4) is 0 Å². The van der Waals surface area contributed by atoms with Gasteiger partial charge in [0.25, 0.3) is 0 Å². The van der Waals surface area contributed by atoms with Gasteiger partial charge in [-0.05, 0) is 6.54 Å². The molecule has 0 fully saturated rings. The molecule has 0 aromatic carbocycles. The molecule has 0 aliphatic rings. The number of rotatable bonds is 3. The molecule has 3 N–H and O–H groups in total. The van der Waals surface area contributed by atoms with Crippen LogP contribution in [0.5, 0.6) is 0 Å². The van der Waals surface area contributed by atoms with Gasteiger partial charge < -0.3 is 11.1 Å². The van der Waals surface area contributed by atoms with Crippen LogP contribution in [-0.4, -0.2) is 49.2 Å². The maximum absolute atomic E-state index is 5.15. The van der Waals surface area contributed by atoms with Gasteiger partial charge in [-0.25, -0.2) is 0 Å². The molecule has 0 atom stereocenters. The SMILES string of the molecule is CCNCCN.[Na]. The molecule has 0 spiro atoms. The summed E-state index contributed by atoms with van der Waals surface area (Å²) in [4.78, 5) is 0. The van der Waals surface area contributed by atoms with Crippen LogP contribution in [0, 0.1) is 0 Å². The second-order valence-electron chi connectivity index (χ2n) is 1.14. The smallest absolute Gasteiger partial charge is 0.00743 e. The molecular weight excluding hydrogens is 99.0 g/mol. The van der Waals surface area contributed by atoms with Crippen LogP contribution in [0.4, 0.5) is 0 Å². The van der Waals surface area contributed by atoms with E-state index in [1.165, 1.54) is 0 Å². The summed E-state index contributed by atoms with van der Waals surface area (Å²) in [7, 11) is 0. The molecule has 0 rings (SSSR count). The van der Waals surface area contributed by atoms with Crippen molar-refractivity contribution in [2.45, 2.75) is 6.92 Å². The summed E-state index contributed by atoms with van der Waals surface area (Å²) in [6.45, 7) is 4.77. The van der Waals surface area contributed by atoms with Crippen LogP contribution in [0.25, 0.3) is 0 Å². The van der Waals surface area contributed by atoms with Crippen molar-refractivity contribution in [1.82, 2.24) is 5.32 Å². The first-order valence-electron chi connectivity index (χ1n) is 2.32. The van der Waals surface area contributed by atoms with E-state index in [9.17, 15) is 0 Å².